The third-order valence-corrected chi connectivity index (χ3v) is 3.03. The largest absolute Gasteiger partial charge is 0.236 e. The molecule has 2 rings (SSSR count). The van der Waals surface area contributed by atoms with Gasteiger partial charge in [0, 0.05) is 10.8 Å². The van der Waals surface area contributed by atoms with Crippen molar-refractivity contribution in [2.75, 3.05) is 0 Å². The van der Waals surface area contributed by atoms with Crippen LogP contribution in [0, 0.1) is 0 Å². The molecule has 1 heterocycles. The average Bonchev–Trinajstić information content (AvgIpc) is 2.52. The molecule has 1 nitrogen and oxygen atoms in total. The number of benzene rings is 1. The van der Waals surface area contributed by atoms with Gasteiger partial charge in [0.15, 0.2) is 0 Å². The molecule has 15 heavy (non-hydrogen) atoms. The van der Waals surface area contributed by atoms with Crippen molar-refractivity contribution >= 4 is 22.8 Å². The summed E-state index contributed by atoms with van der Waals surface area (Å²) in [4.78, 5) is 5.11. The van der Waals surface area contributed by atoms with Crippen molar-refractivity contribution < 1.29 is 0 Å². The second-order valence-electron chi connectivity index (χ2n) is 3.93. The first kappa shape index (κ1) is 10.2. The molecular weight excluding hydrogens is 202 g/mol. The topological polar surface area (TPSA) is 12.4 Å². The van der Waals surface area contributed by atoms with E-state index in [2.05, 4.69) is 31.8 Å². The van der Waals surface area contributed by atoms with Gasteiger partial charge in [0.25, 0.3) is 0 Å². The Balaban J connectivity index is 2.85. The Bertz CT molecular complexity index is 575. The molecule has 0 saturated heterocycles. The Morgan fingerprint density at radius 1 is 1.13 bits per heavy atom. The van der Waals surface area contributed by atoms with Gasteiger partial charge in [-0.25, -0.2) is 4.99 Å². The zero-order valence-electron chi connectivity index (χ0n) is 9.16. The molecule has 2 heteroatoms. The molecule has 1 aromatic carbocycles. The third kappa shape index (κ3) is 1.65. The first-order valence-electron chi connectivity index (χ1n) is 4.98. The van der Waals surface area contributed by atoms with Crippen LogP contribution in [0.3, 0.4) is 0 Å². The SMILES string of the molecule is CC(C)=C(C)C1=c2ccccc2=NC1=S. The van der Waals surface area contributed by atoms with Crippen molar-refractivity contribution in [1.29, 1.82) is 0 Å². The maximum absolute atomic E-state index is 5.30. The van der Waals surface area contributed by atoms with Gasteiger partial charge in [-0.05, 0) is 32.4 Å². The fourth-order valence-corrected chi connectivity index (χ4v) is 2.04. The summed E-state index contributed by atoms with van der Waals surface area (Å²) in [6.45, 7) is 6.31. The molecule has 0 aliphatic carbocycles. The van der Waals surface area contributed by atoms with Crippen LogP contribution in [0.1, 0.15) is 20.8 Å². The van der Waals surface area contributed by atoms with Crippen LogP contribution in [0.5, 0.6) is 0 Å². The van der Waals surface area contributed by atoms with E-state index in [1.165, 1.54) is 16.4 Å². The average molecular weight is 215 g/mol. The molecule has 0 spiro atoms. The molecule has 0 unspecified atom stereocenters. The molecular formula is C13H13NS. The van der Waals surface area contributed by atoms with E-state index in [1.54, 1.807) is 0 Å². The number of hydrogen-bond donors (Lipinski definition) is 0. The Labute approximate surface area is 94.9 Å². The zero-order chi connectivity index (χ0) is 11.0. The molecule has 0 aromatic heterocycles. The molecule has 0 amide bonds. The van der Waals surface area contributed by atoms with Crippen molar-refractivity contribution in [1.82, 2.24) is 0 Å². The van der Waals surface area contributed by atoms with E-state index in [4.69, 9.17) is 12.2 Å². The molecule has 76 valence electrons. The minimum Gasteiger partial charge on any atom is -0.236 e. The molecule has 1 aromatic rings. The molecule has 1 aliphatic rings. The second-order valence-corrected chi connectivity index (χ2v) is 4.32. The summed E-state index contributed by atoms with van der Waals surface area (Å²) >= 11 is 5.30. The quantitative estimate of drug-likeness (QED) is 0.654. The number of fused-ring (bicyclic) bond motifs is 1. The number of hydrogen-bond acceptors (Lipinski definition) is 1. The Hall–Kier alpha value is -1.28. The van der Waals surface area contributed by atoms with Crippen molar-refractivity contribution in [2.45, 2.75) is 20.8 Å². The highest BCUT2D eigenvalue weighted by Gasteiger charge is 2.14. The maximum Gasteiger partial charge on any atom is 0.135 e. The molecule has 0 atom stereocenters. The summed E-state index contributed by atoms with van der Waals surface area (Å²) < 4.78 is 0. The highest BCUT2D eigenvalue weighted by atomic mass is 32.1. The smallest absolute Gasteiger partial charge is 0.135 e. The highest BCUT2D eigenvalue weighted by Crippen LogP contribution is 2.17. The lowest BCUT2D eigenvalue weighted by molar-refractivity contribution is 1.30. The number of rotatable bonds is 1. The van der Waals surface area contributed by atoms with Crippen LogP contribution in [-0.4, -0.2) is 4.99 Å². The second kappa shape index (κ2) is 3.70. The van der Waals surface area contributed by atoms with Crippen LogP contribution in [0.25, 0.3) is 5.57 Å². The normalized spacial score (nSPS) is 13.5. The highest BCUT2D eigenvalue weighted by molar-refractivity contribution is 7.81. The van der Waals surface area contributed by atoms with Gasteiger partial charge in [0.2, 0.25) is 0 Å². The first-order valence-corrected chi connectivity index (χ1v) is 5.39. The van der Waals surface area contributed by atoms with Crippen LogP contribution in [0.15, 0.2) is 40.4 Å². The Morgan fingerprint density at radius 3 is 2.47 bits per heavy atom. The van der Waals surface area contributed by atoms with Crippen molar-refractivity contribution in [3.8, 4) is 0 Å². The van der Waals surface area contributed by atoms with E-state index in [-0.39, 0.29) is 0 Å². The standard InChI is InChI=1S/C13H13NS/c1-8(2)9(3)12-10-6-4-5-7-11(10)14-13(12)15/h4-7H,1-3H3. The third-order valence-electron chi connectivity index (χ3n) is 2.73. The number of allylic oxidation sites excluding steroid dienone is 1. The minimum absolute atomic E-state index is 0.718. The van der Waals surface area contributed by atoms with Crippen molar-refractivity contribution in [3.05, 3.63) is 46.0 Å². The summed E-state index contributed by atoms with van der Waals surface area (Å²) in [7, 11) is 0. The molecule has 1 aliphatic heterocycles. The Kier molecular flexibility index (Phi) is 2.53. The lowest BCUT2D eigenvalue weighted by Crippen LogP contribution is -2.22. The fourth-order valence-electron chi connectivity index (χ4n) is 1.68. The van der Waals surface area contributed by atoms with Gasteiger partial charge < -0.3 is 0 Å². The van der Waals surface area contributed by atoms with Crippen LogP contribution < -0.4 is 10.6 Å². The minimum atomic E-state index is 0.718. The summed E-state index contributed by atoms with van der Waals surface area (Å²) in [6, 6.07) is 8.11. The van der Waals surface area contributed by atoms with E-state index in [1.807, 2.05) is 18.2 Å². The lowest BCUT2D eigenvalue weighted by atomic mass is 10.0. The van der Waals surface area contributed by atoms with Gasteiger partial charge in [0.1, 0.15) is 4.99 Å². The van der Waals surface area contributed by atoms with Gasteiger partial charge in [-0.3, -0.25) is 0 Å². The van der Waals surface area contributed by atoms with E-state index < -0.39 is 0 Å². The van der Waals surface area contributed by atoms with Crippen LogP contribution >= 0.6 is 12.2 Å². The van der Waals surface area contributed by atoms with Crippen molar-refractivity contribution in [2.24, 2.45) is 4.99 Å². The number of nitrogens with zero attached hydrogens (tertiary/aromatic N) is 1. The summed E-state index contributed by atoms with van der Waals surface area (Å²) in [6.07, 6.45) is 0. The molecule has 0 bridgehead atoms. The zero-order valence-corrected chi connectivity index (χ0v) is 9.98. The monoisotopic (exact) mass is 215 g/mol. The summed E-state index contributed by atoms with van der Waals surface area (Å²) in [5.41, 5.74) is 3.66. The summed E-state index contributed by atoms with van der Waals surface area (Å²) in [5.74, 6) is 0. The van der Waals surface area contributed by atoms with Gasteiger partial charge >= 0.3 is 0 Å². The molecule has 0 saturated carbocycles. The molecule has 0 N–H and O–H groups in total. The van der Waals surface area contributed by atoms with E-state index in [0.717, 1.165) is 15.9 Å². The Morgan fingerprint density at radius 2 is 1.80 bits per heavy atom. The lowest BCUT2D eigenvalue weighted by Gasteiger charge is -2.04. The number of para-hydroxylation sites is 1. The van der Waals surface area contributed by atoms with Crippen LogP contribution in [-0.2, 0) is 0 Å². The van der Waals surface area contributed by atoms with Gasteiger partial charge in [-0.1, -0.05) is 36.0 Å². The maximum atomic E-state index is 5.30. The van der Waals surface area contributed by atoms with E-state index in [0.29, 0.717) is 0 Å². The molecule has 0 radical (unpaired) electrons. The van der Waals surface area contributed by atoms with Gasteiger partial charge in [-0.15, -0.1) is 0 Å². The van der Waals surface area contributed by atoms with E-state index >= 15 is 0 Å². The van der Waals surface area contributed by atoms with Gasteiger partial charge in [-0.2, -0.15) is 0 Å². The van der Waals surface area contributed by atoms with Gasteiger partial charge in [0.05, 0.1) is 5.36 Å². The predicted octanol–water partition coefficient (Wildman–Crippen LogP) is 2.15. The fraction of sp³-hybridized carbons (Fsp3) is 0.231. The predicted molar refractivity (Wildman–Crippen MR) is 67.3 cm³/mol. The summed E-state index contributed by atoms with van der Waals surface area (Å²) in [5, 5.41) is 2.17. The van der Waals surface area contributed by atoms with E-state index in [9.17, 15) is 0 Å². The van der Waals surface area contributed by atoms with Crippen molar-refractivity contribution in [3.63, 3.8) is 0 Å². The molecule has 0 fully saturated rings. The number of thiocarbonyl (C=S) groups is 1. The van der Waals surface area contributed by atoms with Crippen LogP contribution in [0.2, 0.25) is 0 Å². The van der Waals surface area contributed by atoms with Crippen LogP contribution in [0.4, 0.5) is 0 Å². The first-order chi connectivity index (χ1) is 7.11.